The van der Waals surface area contributed by atoms with Crippen molar-refractivity contribution < 1.29 is 0 Å². The zero-order valence-electron chi connectivity index (χ0n) is 11.2. The van der Waals surface area contributed by atoms with Gasteiger partial charge in [0.15, 0.2) is 0 Å². The second-order valence-electron chi connectivity index (χ2n) is 4.64. The molecule has 0 spiro atoms. The van der Waals surface area contributed by atoms with E-state index < -0.39 is 0 Å². The molecule has 0 amide bonds. The molecule has 1 aromatic carbocycles. The van der Waals surface area contributed by atoms with E-state index in [1.54, 1.807) is 0 Å². The third-order valence-corrected chi connectivity index (χ3v) is 4.10. The van der Waals surface area contributed by atoms with Gasteiger partial charge in [-0.2, -0.15) is 5.10 Å². The quantitative estimate of drug-likeness (QED) is 0.657. The van der Waals surface area contributed by atoms with Gasteiger partial charge in [0.25, 0.3) is 0 Å². The fourth-order valence-corrected chi connectivity index (χ4v) is 2.42. The van der Waals surface area contributed by atoms with Crippen LogP contribution < -0.4 is 11.3 Å². The standard InChI is InChI=1S/C14H19BrN4/c1-3-19-9-11(8-17-19)6-14(18-16)12-5-4-10(2)13(15)7-12/h4-5,7-9,14,18H,3,6,16H2,1-2H3. The molecular weight excluding hydrogens is 304 g/mol. The Morgan fingerprint density at radius 1 is 1.47 bits per heavy atom. The lowest BCUT2D eigenvalue weighted by molar-refractivity contribution is 0.551. The molecule has 0 aliphatic carbocycles. The monoisotopic (exact) mass is 322 g/mol. The number of hydrogen-bond acceptors (Lipinski definition) is 3. The van der Waals surface area contributed by atoms with Gasteiger partial charge in [-0.05, 0) is 43.0 Å². The van der Waals surface area contributed by atoms with Gasteiger partial charge in [-0.15, -0.1) is 0 Å². The average Bonchev–Trinajstić information content (AvgIpc) is 2.87. The molecular formula is C14H19BrN4. The summed E-state index contributed by atoms with van der Waals surface area (Å²) in [6.07, 6.45) is 4.79. The van der Waals surface area contributed by atoms with Crippen LogP contribution in [-0.4, -0.2) is 9.78 Å². The molecule has 1 heterocycles. The lowest BCUT2D eigenvalue weighted by Gasteiger charge is -2.16. The highest BCUT2D eigenvalue weighted by Gasteiger charge is 2.12. The number of benzene rings is 1. The van der Waals surface area contributed by atoms with Crippen molar-refractivity contribution in [1.82, 2.24) is 15.2 Å². The van der Waals surface area contributed by atoms with Gasteiger partial charge in [0.1, 0.15) is 0 Å². The van der Waals surface area contributed by atoms with Crippen LogP contribution in [0.25, 0.3) is 0 Å². The predicted octanol–water partition coefficient (Wildman–Crippen LogP) is 2.72. The molecule has 0 aliphatic heterocycles. The van der Waals surface area contributed by atoms with Crippen LogP contribution in [0.15, 0.2) is 35.1 Å². The minimum Gasteiger partial charge on any atom is -0.273 e. The highest BCUT2D eigenvalue weighted by molar-refractivity contribution is 9.10. The number of hydrogen-bond donors (Lipinski definition) is 2. The molecule has 1 unspecified atom stereocenters. The van der Waals surface area contributed by atoms with Crippen molar-refractivity contribution in [2.45, 2.75) is 32.9 Å². The molecule has 19 heavy (non-hydrogen) atoms. The number of nitrogens with one attached hydrogen (secondary N) is 1. The highest BCUT2D eigenvalue weighted by atomic mass is 79.9. The number of aryl methyl sites for hydroxylation is 2. The Bertz CT molecular complexity index is 550. The number of halogens is 1. The number of rotatable bonds is 5. The molecule has 5 heteroatoms. The SMILES string of the molecule is CCn1cc(CC(NN)c2ccc(C)c(Br)c2)cn1. The highest BCUT2D eigenvalue weighted by Crippen LogP contribution is 2.23. The van der Waals surface area contributed by atoms with Gasteiger partial charge in [-0.3, -0.25) is 16.0 Å². The fourth-order valence-electron chi connectivity index (χ4n) is 2.02. The Morgan fingerprint density at radius 2 is 2.26 bits per heavy atom. The van der Waals surface area contributed by atoms with Crippen molar-refractivity contribution in [3.63, 3.8) is 0 Å². The lowest BCUT2D eigenvalue weighted by Crippen LogP contribution is -2.29. The summed E-state index contributed by atoms with van der Waals surface area (Å²) in [5.41, 5.74) is 6.46. The predicted molar refractivity (Wildman–Crippen MR) is 80.5 cm³/mol. The minimum atomic E-state index is 0.0893. The molecule has 1 atom stereocenters. The first kappa shape index (κ1) is 14.2. The molecule has 3 N–H and O–H groups in total. The van der Waals surface area contributed by atoms with Gasteiger partial charge >= 0.3 is 0 Å². The van der Waals surface area contributed by atoms with Crippen molar-refractivity contribution in [2.75, 3.05) is 0 Å². The van der Waals surface area contributed by atoms with Gasteiger partial charge in [0.05, 0.1) is 12.2 Å². The Morgan fingerprint density at radius 3 is 2.84 bits per heavy atom. The summed E-state index contributed by atoms with van der Waals surface area (Å²) in [7, 11) is 0. The van der Waals surface area contributed by atoms with E-state index in [4.69, 9.17) is 5.84 Å². The molecule has 0 bridgehead atoms. The summed E-state index contributed by atoms with van der Waals surface area (Å²) >= 11 is 3.56. The molecule has 0 saturated heterocycles. The third-order valence-electron chi connectivity index (χ3n) is 3.25. The first-order chi connectivity index (χ1) is 9.13. The Balaban J connectivity index is 2.17. The van der Waals surface area contributed by atoms with Gasteiger partial charge in [-0.25, -0.2) is 0 Å². The van der Waals surface area contributed by atoms with Crippen molar-refractivity contribution in [1.29, 1.82) is 0 Å². The van der Waals surface area contributed by atoms with E-state index in [1.165, 1.54) is 16.7 Å². The molecule has 1 aromatic heterocycles. The molecule has 0 radical (unpaired) electrons. The lowest BCUT2D eigenvalue weighted by atomic mass is 10.0. The molecule has 102 valence electrons. The van der Waals surface area contributed by atoms with Crippen molar-refractivity contribution >= 4 is 15.9 Å². The smallest absolute Gasteiger partial charge is 0.0522 e. The number of aromatic nitrogens is 2. The van der Waals surface area contributed by atoms with Crippen LogP contribution in [0.4, 0.5) is 0 Å². The maximum absolute atomic E-state index is 5.69. The van der Waals surface area contributed by atoms with Crippen LogP contribution in [-0.2, 0) is 13.0 Å². The molecule has 0 saturated carbocycles. The van der Waals surface area contributed by atoms with E-state index in [9.17, 15) is 0 Å². The molecule has 2 aromatic rings. The second kappa shape index (κ2) is 6.32. The Hall–Kier alpha value is -1.17. The van der Waals surface area contributed by atoms with Gasteiger partial charge in [0.2, 0.25) is 0 Å². The van der Waals surface area contributed by atoms with Crippen LogP contribution >= 0.6 is 15.9 Å². The largest absolute Gasteiger partial charge is 0.273 e. The first-order valence-corrected chi connectivity index (χ1v) is 7.16. The summed E-state index contributed by atoms with van der Waals surface area (Å²) in [5.74, 6) is 5.69. The molecule has 0 fully saturated rings. The fraction of sp³-hybridized carbons (Fsp3) is 0.357. The van der Waals surface area contributed by atoms with Crippen LogP contribution in [0.5, 0.6) is 0 Å². The Labute approximate surface area is 122 Å². The van der Waals surface area contributed by atoms with Gasteiger partial charge < -0.3 is 0 Å². The molecule has 0 aliphatic rings. The Kier molecular flexibility index (Phi) is 4.74. The third kappa shape index (κ3) is 3.43. The minimum absolute atomic E-state index is 0.0893. The van der Waals surface area contributed by atoms with E-state index in [2.05, 4.69) is 64.7 Å². The van der Waals surface area contributed by atoms with Gasteiger partial charge in [-0.1, -0.05) is 28.1 Å². The topological polar surface area (TPSA) is 55.9 Å². The zero-order valence-corrected chi connectivity index (χ0v) is 12.8. The average molecular weight is 323 g/mol. The van der Waals surface area contributed by atoms with E-state index in [-0.39, 0.29) is 6.04 Å². The van der Waals surface area contributed by atoms with Crippen LogP contribution in [0.1, 0.15) is 29.7 Å². The summed E-state index contributed by atoms with van der Waals surface area (Å²) in [6.45, 7) is 5.04. The zero-order chi connectivity index (χ0) is 13.8. The number of hydrazine groups is 1. The normalized spacial score (nSPS) is 12.6. The number of nitrogens with zero attached hydrogens (tertiary/aromatic N) is 2. The van der Waals surface area contributed by atoms with E-state index in [0.29, 0.717) is 0 Å². The van der Waals surface area contributed by atoms with Crippen molar-refractivity contribution in [2.24, 2.45) is 5.84 Å². The van der Waals surface area contributed by atoms with Crippen LogP contribution in [0.3, 0.4) is 0 Å². The summed E-state index contributed by atoms with van der Waals surface area (Å²) < 4.78 is 3.03. The second-order valence-corrected chi connectivity index (χ2v) is 5.49. The van der Waals surface area contributed by atoms with E-state index >= 15 is 0 Å². The van der Waals surface area contributed by atoms with Crippen molar-refractivity contribution in [3.8, 4) is 0 Å². The molecule has 4 nitrogen and oxygen atoms in total. The number of nitrogens with two attached hydrogens (primary N) is 1. The summed E-state index contributed by atoms with van der Waals surface area (Å²) in [4.78, 5) is 0. The van der Waals surface area contributed by atoms with Crippen LogP contribution in [0, 0.1) is 6.92 Å². The van der Waals surface area contributed by atoms with E-state index in [1.807, 2.05) is 10.9 Å². The van der Waals surface area contributed by atoms with E-state index in [0.717, 1.165) is 17.4 Å². The van der Waals surface area contributed by atoms with Gasteiger partial charge in [0, 0.05) is 17.2 Å². The molecule has 2 rings (SSSR count). The maximum atomic E-state index is 5.69. The van der Waals surface area contributed by atoms with Crippen molar-refractivity contribution in [3.05, 3.63) is 51.8 Å². The first-order valence-electron chi connectivity index (χ1n) is 6.37. The summed E-state index contributed by atoms with van der Waals surface area (Å²) in [5, 5.41) is 4.29. The maximum Gasteiger partial charge on any atom is 0.0522 e. The van der Waals surface area contributed by atoms with Crippen LogP contribution in [0.2, 0.25) is 0 Å². The summed E-state index contributed by atoms with van der Waals surface area (Å²) in [6, 6.07) is 6.41.